The molecule has 8 nitrogen and oxygen atoms in total. The molecule has 0 amide bonds. The Hall–Kier alpha value is -4.04. The number of pyridine rings is 1. The molecule has 0 aliphatic rings. The third-order valence-corrected chi connectivity index (χ3v) is 5.42. The van der Waals surface area contributed by atoms with Crippen LogP contribution in [0.25, 0.3) is 22.4 Å². The lowest BCUT2D eigenvalue weighted by atomic mass is 10.2. The second kappa shape index (κ2) is 8.84. The molecular formula is C24H19ClN6O2. The quantitative estimate of drug-likeness (QED) is 0.393. The van der Waals surface area contributed by atoms with Crippen LogP contribution in [0.4, 0.5) is 5.95 Å². The molecular weight excluding hydrogens is 440 g/mol. The number of aromatic nitrogens is 5. The minimum atomic E-state index is -0.353. The summed E-state index contributed by atoms with van der Waals surface area (Å²) in [6, 6.07) is 19.9. The lowest BCUT2D eigenvalue weighted by Crippen LogP contribution is -2.21. The summed E-state index contributed by atoms with van der Waals surface area (Å²) in [7, 11) is 0. The van der Waals surface area contributed by atoms with Gasteiger partial charge < -0.3 is 9.84 Å². The minimum absolute atomic E-state index is 0.131. The lowest BCUT2D eigenvalue weighted by Gasteiger charge is -2.13. The van der Waals surface area contributed by atoms with Crippen molar-refractivity contribution in [3.63, 3.8) is 0 Å². The van der Waals surface area contributed by atoms with Crippen LogP contribution in [-0.4, -0.2) is 24.7 Å². The maximum absolute atomic E-state index is 12.6. The van der Waals surface area contributed by atoms with Gasteiger partial charge in [0.1, 0.15) is 11.7 Å². The van der Waals surface area contributed by atoms with Crippen LogP contribution < -0.4 is 10.9 Å². The fraction of sp³-hybridized carbons (Fsp3) is 0.125. The predicted molar refractivity (Wildman–Crippen MR) is 126 cm³/mol. The maximum Gasteiger partial charge on any atom is 0.252 e. The number of halogens is 1. The first kappa shape index (κ1) is 20.8. The Bertz CT molecular complexity index is 1460. The maximum atomic E-state index is 12.6. The van der Waals surface area contributed by atoms with Gasteiger partial charge in [-0.2, -0.15) is 9.97 Å². The van der Waals surface area contributed by atoms with Crippen molar-refractivity contribution in [1.29, 1.82) is 0 Å². The number of anilines is 1. The molecule has 9 heteroatoms. The Balaban J connectivity index is 1.41. The van der Waals surface area contributed by atoms with Gasteiger partial charge in [-0.05, 0) is 42.8 Å². The Morgan fingerprint density at radius 3 is 2.61 bits per heavy atom. The molecule has 3 heterocycles. The molecule has 0 fully saturated rings. The van der Waals surface area contributed by atoms with Crippen LogP contribution in [-0.2, 0) is 6.54 Å². The highest BCUT2D eigenvalue weighted by atomic mass is 35.5. The summed E-state index contributed by atoms with van der Waals surface area (Å²) in [5, 5.41) is 8.63. The SMILES string of the molecule is CC(Nc1ncc2ccc(=O)n(Cc3ccccc3)c2n1)c1nc(-c2ccc(Cl)cc2)no1. The van der Waals surface area contributed by atoms with E-state index in [0.717, 1.165) is 16.5 Å². The van der Waals surface area contributed by atoms with E-state index in [4.69, 9.17) is 16.1 Å². The fourth-order valence-electron chi connectivity index (χ4n) is 3.44. The van der Waals surface area contributed by atoms with Crippen molar-refractivity contribution in [2.45, 2.75) is 19.5 Å². The average Bonchev–Trinajstić information content (AvgIpc) is 3.33. The monoisotopic (exact) mass is 458 g/mol. The van der Waals surface area contributed by atoms with Crippen LogP contribution in [0.15, 0.2) is 82.2 Å². The molecule has 1 N–H and O–H groups in total. The number of hydrogen-bond donors (Lipinski definition) is 1. The van der Waals surface area contributed by atoms with Gasteiger partial charge in [0.15, 0.2) is 0 Å². The first-order chi connectivity index (χ1) is 16.1. The van der Waals surface area contributed by atoms with Gasteiger partial charge in [0, 0.05) is 28.2 Å². The first-order valence-electron chi connectivity index (χ1n) is 10.3. The van der Waals surface area contributed by atoms with E-state index in [0.29, 0.717) is 34.9 Å². The van der Waals surface area contributed by atoms with Gasteiger partial charge in [-0.25, -0.2) is 4.98 Å². The Morgan fingerprint density at radius 1 is 1.03 bits per heavy atom. The largest absolute Gasteiger partial charge is 0.343 e. The molecule has 0 radical (unpaired) electrons. The van der Waals surface area contributed by atoms with E-state index in [2.05, 4.69) is 25.4 Å². The second-order valence-corrected chi connectivity index (χ2v) is 7.98. The van der Waals surface area contributed by atoms with Crippen molar-refractivity contribution in [2.75, 3.05) is 5.32 Å². The molecule has 0 spiro atoms. The highest BCUT2D eigenvalue weighted by Gasteiger charge is 2.17. The molecule has 5 rings (SSSR count). The molecule has 33 heavy (non-hydrogen) atoms. The first-order valence-corrected chi connectivity index (χ1v) is 10.7. The van der Waals surface area contributed by atoms with Gasteiger partial charge in [0.05, 0.1) is 6.54 Å². The molecule has 1 unspecified atom stereocenters. The normalized spacial score (nSPS) is 12.1. The molecule has 0 saturated carbocycles. The summed E-state index contributed by atoms with van der Waals surface area (Å²) >= 11 is 5.94. The van der Waals surface area contributed by atoms with E-state index in [1.165, 1.54) is 6.07 Å². The summed E-state index contributed by atoms with van der Waals surface area (Å²) in [6.07, 6.45) is 1.69. The highest BCUT2D eigenvalue weighted by molar-refractivity contribution is 6.30. The van der Waals surface area contributed by atoms with Gasteiger partial charge in [0.2, 0.25) is 17.7 Å². The third-order valence-electron chi connectivity index (χ3n) is 5.17. The molecule has 2 aromatic carbocycles. The summed E-state index contributed by atoms with van der Waals surface area (Å²) in [5.41, 5.74) is 2.22. The number of fused-ring (bicyclic) bond motifs is 1. The van der Waals surface area contributed by atoms with Crippen molar-refractivity contribution in [2.24, 2.45) is 0 Å². The van der Waals surface area contributed by atoms with Gasteiger partial charge in [-0.1, -0.05) is 47.1 Å². The van der Waals surface area contributed by atoms with Crippen LogP contribution in [0.1, 0.15) is 24.4 Å². The molecule has 1 atom stereocenters. The van der Waals surface area contributed by atoms with Crippen molar-refractivity contribution < 1.29 is 4.52 Å². The molecule has 0 aliphatic heterocycles. The fourth-order valence-corrected chi connectivity index (χ4v) is 3.57. The summed E-state index contributed by atoms with van der Waals surface area (Å²) < 4.78 is 7.06. The summed E-state index contributed by atoms with van der Waals surface area (Å²) in [5.74, 6) is 1.21. The van der Waals surface area contributed by atoms with Crippen LogP contribution in [0.2, 0.25) is 5.02 Å². The zero-order valence-electron chi connectivity index (χ0n) is 17.6. The van der Waals surface area contributed by atoms with Gasteiger partial charge in [0.25, 0.3) is 5.56 Å². The number of benzene rings is 2. The van der Waals surface area contributed by atoms with Gasteiger partial charge in [-0.3, -0.25) is 9.36 Å². The number of rotatable bonds is 6. The van der Waals surface area contributed by atoms with Crippen molar-refractivity contribution in [3.05, 3.63) is 99.8 Å². The van der Waals surface area contributed by atoms with E-state index >= 15 is 0 Å². The summed E-state index contributed by atoms with van der Waals surface area (Å²) in [4.78, 5) is 26.0. The molecule has 164 valence electrons. The Morgan fingerprint density at radius 2 is 1.82 bits per heavy atom. The minimum Gasteiger partial charge on any atom is -0.343 e. The molecule has 0 aliphatic carbocycles. The Kier molecular flexibility index (Phi) is 5.58. The molecule has 0 bridgehead atoms. The molecule has 3 aromatic heterocycles. The van der Waals surface area contributed by atoms with Gasteiger partial charge >= 0.3 is 0 Å². The van der Waals surface area contributed by atoms with E-state index in [9.17, 15) is 4.79 Å². The van der Waals surface area contributed by atoms with Crippen molar-refractivity contribution in [1.82, 2.24) is 24.7 Å². The van der Waals surface area contributed by atoms with E-state index < -0.39 is 0 Å². The van der Waals surface area contributed by atoms with Crippen molar-refractivity contribution >= 4 is 28.6 Å². The van der Waals surface area contributed by atoms with Crippen LogP contribution in [0.5, 0.6) is 0 Å². The number of nitrogens with one attached hydrogen (secondary N) is 1. The van der Waals surface area contributed by atoms with E-state index in [-0.39, 0.29) is 11.6 Å². The van der Waals surface area contributed by atoms with Crippen LogP contribution in [0.3, 0.4) is 0 Å². The number of nitrogens with zero attached hydrogens (tertiary/aromatic N) is 5. The third kappa shape index (κ3) is 4.47. The Labute approximate surface area is 193 Å². The van der Waals surface area contributed by atoms with E-state index in [1.807, 2.05) is 49.4 Å². The summed E-state index contributed by atoms with van der Waals surface area (Å²) in [6.45, 7) is 2.28. The average molecular weight is 459 g/mol. The topological polar surface area (TPSA) is 98.7 Å². The van der Waals surface area contributed by atoms with Gasteiger partial charge in [-0.15, -0.1) is 0 Å². The highest BCUT2D eigenvalue weighted by Crippen LogP contribution is 2.22. The zero-order valence-corrected chi connectivity index (χ0v) is 18.4. The molecule has 5 aromatic rings. The lowest BCUT2D eigenvalue weighted by molar-refractivity contribution is 0.367. The van der Waals surface area contributed by atoms with E-state index in [1.54, 1.807) is 29.0 Å². The van der Waals surface area contributed by atoms with Crippen molar-refractivity contribution in [3.8, 4) is 11.4 Å². The standard InChI is InChI=1S/C24H19ClN6O2/c1-15(23-28-21(30-33-23)17-7-10-19(25)11-8-17)27-24-26-13-18-9-12-20(32)31(22(18)29-24)14-16-5-3-2-4-6-16/h2-13,15H,14H2,1H3,(H,26,27,29). The second-order valence-electron chi connectivity index (χ2n) is 7.55. The zero-order chi connectivity index (χ0) is 22.8. The van der Waals surface area contributed by atoms with Crippen LogP contribution in [0, 0.1) is 0 Å². The number of hydrogen-bond acceptors (Lipinski definition) is 7. The molecule has 0 saturated heterocycles. The van der Waals surface area contributed by atoms with Crippen LogP contribution >= 0.6 is 11.6 Å². The smallest absolute Gasteiger partial charge is 0.252 e. The predicted octanol–water partition coefficient (Wildman–Crippen LogP) is 4.72.